The molecular weight excluding hydrogens is 236 g/mol. The quantitative estimate of drug-likeness (QED) is 0.890. The molecule has 88 valence electrons. The topological polar surface area (TPSA) is 73.1 Å². The molecule has 0 amide bonds. The summed E-state index contributed by atoms with van der Waals surface area (Å²) in [7, 11) is -3.52. The predicted molar refractivity (Wildman–Crippen MR) is 64.0 cm³/mol. The van der Waals surface area contributed by atoms with Crippen LogP contribution in [0.15, 0.2) is 58.6 Å². The summed E-state index contributed by atoms with van der Waals surface area (Å²) in [5, 5.41) is 0.0425. The van der Waals surface area contributed by atoms with Crippen LogP contribution >= 0.6 is 0 Å². The third-order valence-electron chi connectivity index (χ3n) is 2.36. The molecule has 4 nitrogen and oxygen atoms in total. The Bertz CT molecular complexity index is 592. The Labute approximate surface area is 100 Å². The first-order chi connectivity index (χ1) is 8.14. The summed E-state index contributed by atoms with van der Waals surface area (Å²) in [6.07, 6.45) is 1.48. The number of nitrogens with two attached hydrogens (primary N) is 1. The van der Waals surface area contributed by atoms with E-state index in [-0.39, 0.29) is 9.92 Å². The van der Waals surface area contributed by atoms with Gasteiger partial charge in [-0.05, 0) is 23.8 Å². The minimum Gasteiger partial charge on any atom is -0.326 e. The van der Waals surface area contributed by atoms with Crippen LogP contribution in [0.5, 0.6) is 0 Å². The summed E-state index contributed by atoms with van der Waals surface area (Å²) in [4.78, 5) is 4.17. The van der Waals surface area contributed by atoms with Crippen molar-refractivity contribution in [3.05, 3.63) is 54.2 Å². The normalized spacial score (nSPS) is 11.4. The summed E-state index contributed by atoms with van der Waals surface area (Å²) in [6.45, 7) is 0.346. The Morgan fingerprint density at radius 1 is 1.06 bits per heavy atom. The second kappa shape index (κ2) is 4.65. The molecule has 0 aliphatic heterocycles. The molecule has 2 aromatic rings. The zero-order valence-electron chi connectivity index (χ0n) is 9.08. The smallest absolute Gasteiger partial charge is 0.223 e. The summed E-state index contributed by atoms with van der Waals surface area (Å²) in [6, 6.07) is 11.4. The number of benzene rings is 1. The molecule has 0 saturated heterocycles. The van der Waals surface area contributed by atoms with E-state index in [4.69, 9.17) is 5.73 Å². The van der Waals surface area contributed by atoms with Crippen LogP contribution in [0.3, 0.4) is 0 Å². The van der Waals surface area contributed by atoms with Crippen LogP contribution in [-0.2, 0) is 16.4 Å². The van der Waals surface area contributed by atoms with Gasteiger partial charge in [0.2, 0.25) is 9.84 Å². The summed E-state index contributed by atoms with van der Waals surface area (Å²) in [5.74, 6) is 0. The molecule has 0 spiro atoms. The Balaban J connectivity index is 2.45. The van der Waals surface area contributed by atoms with Gasteiger partial charge in [0.15, 0.2) is 5.03 Å². The maximum atomic E-state index is 12.1. The lowest BCUT2D eigenvalue weighted by molar-refractivity contribution is 0.592. The molecule has 2 N–H and O–H groups in total. The second-order valence-corrected chi connectivity index (χ2v) is 5.42. The number of hydrogen-bond acceptors (Lipinski definition) is 4. The number of rotatable bonds is 3. The molecule has 0 fully saturated rings. The SMILES string of the molecule is NCc1ccc(S(=O)(=O)c2ccccc2)nc1. The van der Waals surface area contributed by atoms with Crippen molar-refractivity contribution in [2.75, 3.05) is 0 Å². The third kappa shape index (κ3) is 2.35. The van der Waals surface area contributed by atoms with Crippen LogP contribution in [0.1, 0.15) is 5.56 Å². The average molecular weight is 248 g/mol. The van der Waals surface area contributed by atoms with E-state index in [0.717, 1.165) is 5.56 Å². The highest BCUT2D eigenvalue weighted by Gasteiger charge is 2.18. The molecule has 0 unspecified atom stereocenters. The number of pyridine rings is 1. The van der Waals surface area contributed by atoms with Crippen molar-refractivity contribution in [2.24, 2.45) is 5.73 Å². The van der Waals surface area contributed by atoms with E-state index in [1.807, 2.05) is 0 Å². The lowest BCUT2D eigenvalue weighted by Crippen LogP contribution is -2.05. The molecule has 2 rings (SSSR count). The van der Waals surface area contributed by atoms with Crippen molar-refractivity contribution >= 4 is 9.84 Å². The highest BCUT2D eigenvalue weighted by atomic mass is 32.2. The standard InChI is InChI=1S/C12H12N2O2S/c13-8-10-6-7-12(14-9-10)17(15,16)11-4-2-1-3-5-11/h1-7,9H,8,13H2. The van der Waals surface area contributed by atoms with Crippen molar-refractivity contribution in [3.8, 4) is 0 Å². The highest BCUT2D eigenvalue weighted by molar-refractivity contribution is 7.91. The molecule has 17 heavy (non-hydrogen) atoms. The number of sulfone groups is 1. The fourth-order valence-electron chi connectivity index (χ4n) is 1.41. The Kier molecular flexibility index (Phi) is 3.21. The molecule has 0 aliphatic carbocycles. The van der Waals surface area contributed by atoms with Gasteiger partial charge in [-0.15, -0.1) is 0 Å². The first-order valence-corrected chi connectivity index (χ1v) is 6.58. The van der Waals surface area contributed by atoms with Gasteiger partial charge in [0.25, 0.3) is 0 Å². The summed E-state index contributed by atoms with van der Waals surface area (Å²) >= 11 is 0. The molecule has 0 atom stereocenters. The zero-order valence-corrected chi connectivity index (χ0v) is 9.89. The van der Waals surface area contributed by atoms with Gasteiger partial charge in [-0.2, -0.15) is 0 Å². The maximum Gasteiger partial charge on any atom is 0.223 e. The van der Waals surface area contributed by atoms with E-state index in [1.165, 1.54) is 12.3 Å². The van der Waals surface area contributed by atoms with Crippen LogP contribution in [0.4, 0.5) is 0 Å². The molecule has 0 saturated carbocycles. The number of hydrogen-bond donors (Lipinski definition) is 1. The molecule has 0 aliphatic rings. The van der Waals surface area contributed by atoms with E-state index in [2.05, 4.69) is 4.98 Å². The lowest BCUT2D eigenvalue weighted by Gasteiger charge is -2.04. The van der Waals surface area contributed by atoms with E-state index < -0.39 is 9.84 Å². The summed E-state index contributed by atoms with van der Waals surface area (Å²) in [5.41, 5.74) is 6.23. The average Bonchev–Trinajstić information content (AvgIpc) is 2.40. The van der Waals surface area contributed by atoms with Crippen molar-refractivity contribution in [1.29, 1.82) is 0 Å². The van der Waals surface area contributed by atoms with E-state index in [9.17, 15) is 8.42 Å². The Morgan fingerprint density at radius 3 is 2.29 bits per heavy atom. The van der Waals surface area contributed by atoms with Crippen molar-refractivity contribution in [2.45, 2.75) is 16.5 Å². The first kappa shape index (κ1) is 11.8. The van der Waals surface area contributed by atoms with Gasteiger partial charge < -0.3 is 5.73 Å². The summed E-state index contributed by atoms with van der Waals surface area (Å²) < 4.78 is 24.3. The monoisotopic (exact) mass is 248 g/mol. The lowest BCUT2D eigenvalue weighted by atomic mass is 10.3. The first-order valence-electron chi connectivity index (χ1n) is 5.10. The fourth-order valence-corrected chi connectivity index (χ4v) is 2.61. The van der Waals surface area contributed by atoms with E-state index in [1.54, 1.807) is 36.4 Å². The second-order valence-electron chi connectivity index (χ2n) is 3.53. The van der Waals surface area contributed by atoms with Gasteiger partial charge >= 0.3 is 0 Å². The van der Waals surface area contributed by atoms with Gasteiger partial charge in [0.05, 0.1) is 4.90 Å². The molecule has 0 bridgehead atoms. The van der Waals surface area contributed by atoms with Gasteiger partial charge in [0, 0.05) is 12.7 Å². The molecule has 1 heterocycles. The predicted octanol–water partition coefficient (Wildman–Crippen LogP) is 1.37. The van der Waals surface area contributed by atoms with E-state index in [0.29, 0.717) is 6.54 Å². The zero-order chi connectivity index (χ0) is 12.3. The molecule has 5 heteroatoms. The third-order valence-corrected chi connectivity index (χ3v) is 4.05. The number of aromatic nitrogens is 1. The minimum absolute atomic E-state index is 0.0425. The number of nitrogens with zero attached hydrogens (tertiary/aromatic N) is 1. The van der Waals surface area contributed by atoms with Crippen LogP contribution in [0.25, 0.3) is 0 Å². The molecule has 1 aromatic heterocycles. The van der Waals surface area contributed by atoms with Crippen molar-refractivity contribution < 1.29 is 8.42 Å². The molecular formula is C12H12N2O2S. The van der Waals surface area contributed by atoms with Crippen LogP contribution < -0.4 is 5.73 Å². The van der Waals surface area contributed by atoms with Gasteiger partial charge in [-0.1, -0.05) is 24.3 Å². The van der Waals surface area contributed by atoms with E-state index >= 15 is 0 Å². The minimum atomic E-state index is -3.52. The van der Waals surface area contributed by atoms with Crippen molar-refractivity contribution in [1.82, 2.24) is 4.98 Å². The Hall–Kier alpha value is -1.72. The van der Waals surface area contributed by atoms with Gasteiger partial charge in [-0.3, -0.25) is 0 Å². The van der Waals surface area contributed by atoms with Crippen LogP contribution in [-0.4, -0.2) is 13.4 Å². The van der Waals surface area contributed by atoms with Gasteiger partial charge in [-0.25, -0.2) is 13.4 Å². The molecule has 0 radical (unpaired) electrons. The Morgan fingerprint density at radius 2 is 1.76 bits per heavy atom. The fraction of sp³-hybridized carbons (Fsp3) is 0.0833. The maximum absolute atomic E-state index is 12.1. The van der Waals surface area contributed by atoms with Crippen molar-refractivity contribution in [3.63, 3.8) is 0 Å². The van der Waals surface area contributed by atoms with Gasteiger partial charge in [0.1, 0.15) is 0 Å². The molecule has 1 aromatic carbocycles. The largest absolute Gasteiger partial charge is 0.326 e. The van der Waals surface area contributed by atoms with Crippen LogP contribution in [0, 0.1) is 0 Å². The highest BCUT2D eigenvalue weighted by Crippen LogP contribution is 2.18. The van der Waals surface area contributed by atoms with Crippen LogP contribution in [0.2, 0.25) is 0 Å².